The first-order valence-electron chi connectivity index (χ1n) is 7.84. The monoisotopic (exact) mass is 533 g/mol. The molecule has 1 aromatic heterocycles. The highest BCUT2D eigenvalue weighted by Gasteiger charge is 2.61. The number of ether oxygens (including phenoxy) is 1. The maximum atomic E-state index is 13.8. The second-order valence-electron chi connectivity index (χ2n) is 6.11. The molecule has 32 heavy (non-hydrogen) atoms. The Labute approximate surface area is 175 Å². The van der Waals surface area contributed by atoms with Crippen molar-refractivity contribution in [3.63, 3.8) is 0 Å². The highest BCUT2D eigenvalue weighted by molar-refractivity contribution is 7.66. The Bertz CT molecular complexity index is 1050. The number of nitrogen functional groups attached to an aromatic ring is 1. The molecular weight excluding hydrogens is 517 g/mol. The highest BCUT2D eigenvalue weighted by atomic mass is 31.3. The van der Waals surface area contributed by atoms with Crippen LogP contribution in [0.2, 0.25) is 0 Å². The minimum absolute atomic E-state index is 0.271. The van der Waals surface area contributed by atoms with Gasteiger partial charge in [0.05, 0.1) is 6.61 Å². The lowest BCUT2D eigenvalue weighted by Gasteiger charge is -2.31. The van der Waals surface area contributed by atoms with Crippen LogP contribution in [-0.4, -0.2) is 70.2 Å². The molecule has 1 aromatic rings. The molecule has 0 amide bonds. The number of aliphatic hydroxyl groups excluding tert-OH is 2. The molecule has 6 atom stereocenters. The van der Waals surface area contributed by atoms with Crippen molar-refractivity contribution in [1.82, 2.24) is 9.55 Å². The second kappa shape index (κ2) is 9.23. The maximum Gasteiger partial charge on any atom is 0.490 e. The van der Waals surface area contributed by atoms with Crippen LogP contribution in [0.5, 0.6) is 0 Å². The minimum atomic E-state index is -5.95. The van der Waals surface area contributed by atoms with Gasteiger partial charge in [-0.25, -0.2) is 27.3 Å². The molecule has 2 heterocycles. The SMILES string of the molecule is Nc1ccn([C@@H]2O[C@@](COP(=O)(O)OP(=O)(O)OP(=O)(O)O)(C(F)F)[C@@H](O)[C@@H]2O)c(=O)n1. The Balaban J connectivity index is 2.27. The van der Waals surface area contributed by atoms with Crippen LogP contribution in [0.1, 0.15) is 6.23 Å². The van der Waals surface area contributed by atoms with E-state index < -0.39 is 66.2 Å². The largest absolute Gasteiger partial charge is 0.490 e. The Hall–Kier alpha value is -1.17. The van der Waals surface area contributed by atoms with Gasteiger partial charge < -0.3 is 40.3 Å². The van der Waals surface area contributed by atoms with E-state index in [2.05, 4.69) is 18.1 Å². The standard InChI is InChI=1S/C10H16F2N3O14P3/c11-8(12)10(3-26-31(22,23)29-32(24,25)28-30(19,20)21)6(17)5(16)7(27-10)15-2-1-4(13)14-9(15)18/h1-2,5-8,16-17H,3H2,(H,22,23)(H,24,25)(H2,13,14,18)(H2,19,20,21)/t5-,6-,7+,10+/m0/s1. The fourth-order valence-electron chi connectivity index (χ4n) is 2.50. The van der Waals surface area contributed by atoms with Crippen LogP contribution in [0.3, 0.4) is 0 Å². The van der Waals surface area contributed by atoms with Gasteiger partial charge in [-0.15, -0.1) is 0 Å². The molecule has 8 N–H and O–H groups in total. The van der Waals surface area contributed by atoms with Gasteiger partial charge in [0.25, 0.3) is 6.43 Å². The Morgan fingerprint density at radius 3 is 2.28 bits per heavy atom. The number of hydrogen-bond donors (Lipinski definition) is 7. The lowest BCUT2D eigenvalue weighted by molar-refractivity contribution is -0.193. The van der Waals surface area contributed by atoms with E-state index in [1.54, 1.807) is 0 Å². The van der Waals surface area contributed by atoms with Crippen LogP contribution in [-0.2, 0) is 31.6 Å². The number of aromatic nitrogens is 2. The smallest absolute Gasteiger partial charge is 0.387 e. The van der Waals surface area contributed by atoms with E-state index in [1.165, 1.54) is 0 Å². The van der Waals surface area contributed by atoms with Gasteiger partial charge in [-0.05, 0) is 6.07 Å². The predicted octanol–water partition coefficient (Wildman–Crippen LogP) is -1.58. The molecule has 17 nitrogen and oxygen atoms in total. The molecule has 0 bridgehead atoms. The first kappa shape index (κ1) is 27.1. The molecular formula is C10H16F2N3O14P3. The second-order valence-corrected chi connectivity index (χ2v) is 10.5. The van der Waals surface area contributed by atoms with Crippen LogP contribution < -0.4 is 11.4 Å². The molecule has 1 aliphatic rings. The summed E-state index contributed by atoms with van der Waals surface area (Å²) < 4.78 is 77.5. The van der Waals surface area contributed by atoms with Gasteiger partial charge in [0.2, 0.25) is 0 Å². The number of phosphoric acid groups is 3. The van der Waals surface area contributed by atoms with E-state index >= 15 is 0 Å². The summed E-state index contributed by atoms with van der Waals surface area (Å²) in [4.78, 5) is 50.6. The number of halogens is 2. The van der Waals surface area contributed by atoms with Crippen molar-refractivity contribution in [1.29, 1.82) is 0 Å². The third kappa shape index (κ3) is 6.24. The molecule has 2 unspecified atom stereocenters. The molecule has 0 aliphatic carbocycles. The average molecular weight is 533 g/mol. The number of anilines is 1. The van der Waals surface area contributed by atoms with Crippen molar-refractivity contribution in [3.8, 4) is 0 Å². The van der Waals surface area contributed by atoms with Gasteiger partial charge in [-0.3, -0.25) is 9.09 Å². The molecule has 0 radical (unpaired) electrons. The molecule has 22 heteroatoms. The van der Waals surface area contributed by atoms with Gasteiger partial charge in [-0.1, -0.05) is 0 Å². The molecule has 0 aromatic carbocycles. The number of hydrogen-bond acceptors (Lipinski definition) is 12. The van der Waals surface area contributed by atoms with Crippen LogP contribution in [0, 0.1) is 0 Å². The third-order valence-electron chi connectivity index (χ3n) is 3.82. The van der Waals surface area contributed by atoms with Crippen molar-refractivity contribution in [2.45, 2.75) is 30.5 Å². The summed E-state index contributed by atoms with van der Waals surface area (Å²) in [5.74, 6) is -0.271. The summed E-state index contributed by atoms with van der Waals surface area (Å²) in [5.41, 5.74) is 0.805. The van der Waals surface area contributed by atoms with E-state index in [-0.39, 0.29) is 5.82 Å². The molecule has 2 rings (SSSR count). The lowest BCUT2D eigenvalue weighted by Crippen LogP contribution is -2.52. The Kier molecular flexibility index (Phi) is 7.81. The minimum Gasteiger partial charge on any atom is -0.387 e. The fraction of sp³-hybridized carbons (Fsp3) is 0.600. The lowest BCUT2D eigenvalue weighted by atomic mass is 9.96. The van der Waals surface area contributed by atoms with Crippen LogP contribution in [0.15, 0.2) is 17.1 Å². The zero-order chi connectivity index (χ0) is 24.7. The number of nitrogens with two attached hydrogens (primary N) is 1. The van der Waals surface area contributed by atoms with Crippen molar-refractivity contribution in [2.24, 2.45) is 0 Å². The van der Waals surface area contributed by atoms with Gasteiger partial charge in [0, 0.05) is 6.20 Å². The quantitative estimate of drug-likeness (QED) is 0.177. The van der Waals surface area contributed by atoms with E-state index in [0.717, 1.165) is 12.3 Å². The number of nitrogens with zero attached hydrogens (tertiary/aromatic N) is 2. The van der Waals surface area contributed by atoms with Gasteiger partial charge in [0.15, 0.2) is 11.8 Å². The summed E-state index contributed by atoms with van der Waals surface area (Å²) in [6.07, 6.45) is -9.69. The molecule has 184 valence electrons. The zero-order valence-electron chi connectivity index (χ0n) is 15.2. The van der Waals surface area contributed by atoms with Crippen LogP contribution in [0.25, 0.3) is 0 Å². The predicted molar refractivity (Wildman–Crippen MR) is 93.6 cm³/mol. The van der Waals surface area contributed by atoms with E-state index in [9.17, 15) is 42.4 Å². The molecule has 0 saturated carbocycles. The summed E-state index contributed by atoms with van der Waals surface area (Å²) in [6, 6.07) is 1.03. The van der Waals surface area contributed by atoms with E-state index in [0.29, 0.717) is 4.57 Å². The fourth-order valence-corrected chi connectivity index (χ4v) is 5.56. The van der Waals surface area contributed by atoms with Gasteiger partial charge in [0.1, 0.15) is 18.0 Å². The highest BCUT2D eigenvalue weighted by Crippen LogP contribution is 2.66. The molecule has 1 fully saturated rings. The molecule has 1 saturated heterocycles. The number of aliphatic hydroxyl groups is 2. The van der Waals surface area contributed by atoms with Crippen LogP contribution in [0.4, 0.5) is 14.6 Å². The molecule has 0 spiro atoms. The van der Waals surface area contributed by atoms with Crippen LogP contribution >= 0.6 is 23.5 Å². The summed E-state index contributed by atoms with van der Waals surface area (Å²) in [5, 5.41) is 20.2. The first-order chi connectivity index (χ1) is 14.4. The first-order valence-corrected chi connectivity index (χ1v) is 12.4. The number of alkyl halides is 2. The summed E-state index contributed by atoms with van der Waals surface area (Å²) in [7, 11) is -17.5. The summed E-state index contributed by atoms with van der Waals surface area (Å²) in [6.45, 7) is -1.79. The number of phosphoric ester groups is 1. The van der Waals surface area contributed by atoms with Crippen molar-refractivity contribution in [3.05, 3.63) is 22.7 Å². The number of rotatable bonds is 9. The zero-order valence-corrected chi connectivity index (χ0v) is 17.9. The van der Waals surface area contributed by atoms with Crippen molar-refractivity contribution < 1.29 is 70.1 Å². The van der Waals surface area contributed by atoms with Gasteiger partial charge in [-0.2, -0.15) is 13.6 Å². The Morgan fingerprint density at radius 2 is 1.78 bits per heavy atom. The third-order valence-corrected chi connectivity index (χ3v) is 7.60. The normalized spacial score (nSPS) is 30.2. The average Bonchev–Trinajstić information content (AvgIpc) is 2.83. The van der Waals surface area contributed by atoms with E-state index in [1.807, 2.05) is 0 Å². The van der Waals surface area contributed by atoms with Crippen molar-refractivity contribution in [2.75, 3.05) is 12.3 Å². The van der Waals surface area contributed by atoms with Crippen molar-refractivity contribution >= 4 is 29.3 Å². The topological polar surface area (TPSA) is 270 Å². The Morgan fingerprint density at radius 1 is 1.19 bits per heavy atom. The summed E-state index contributed by atoms with van der Waals surface area (Å²) >= 11 is 0. The molecule has 1 aliphatic heterocycles. The van der Waals surface area contributed by atoms with E-state index in [4.69, 9.17) is 25.2 Å². The van der Waals surface area contributed by atoms with Gasteiger partial charge >= 0.3 is 29.2 Å². The maximum absolute atomic E-state index is 13.8.